The minimum Gasteiger partial charge on any atom is -0.352 e. The SMILES string of the molecule is CC1CSCC1NC(=O)[C@@H]1C[C@H]1C. The molecule has 3 heteroatoms. The molecule has 2 aliphatic rings. The van der Waals surface area contributed by atoms with Crippen LogP contribution in [-0.2, 0) is 4.79 Å². The van der Waals surface area contributed by atoms with Crippen molar-refractivity contribution in [3.8, 4) is 0 Å². The van der Waals surface area contributed by atoms with Crippen molar-refractivity contribution in [2.24, 2.45) is 17.8 Å². The standard InChI is InChI=1S/C10H17NOS/c1-6-3-8(6)10(12)11-9-5-13-4-7(9)2/h6-9H,3-5H2,1-2H3,(H,11,12)/t6-,7?,8-,9?/m1/s1. The summed E-state index contributed by atoms with van der Waals surface area (Å²) in [4.78, 5) is 11.6. The number of hydrogen-bond acceptors (Lipinski definition) is 2. The van der Waals surface area contributed by atoms with Crippen LogP contribution in [0.1, 0.15) is 20.3 Å². The molecule has 2 fully saturated rings. The lowest BCUT2D eigenvalue weighted by atomic mass is 10.1. The molecule has 1 amide bonds. The number of rotatable bonds is 2. The van der Waals surface area contributed by atoms with Crippen molar-refractivity contribution in [3.63, 3.8) is 0 Å². The Kier molecular flexibility index (Phi) is 2.54. The van der Waals surface area contributed by atoms with Crippen molar-refractivity contribution < 1.29 is 4.79 Å². The van der Waals surface area contributed by atoms with Crippen LogP contribution >= 0.6 is 11.8 Å². The lowest BCUT2D eigenvalue weighted by Crippen LogP contribution is -2.39. The summed E-state index contributed by atoms with van der Waals surface area (Å²) in [5, 5.41) is 3.16. The molecule has 1 saturated heterocycles. The van der Waals surface area contributed by atoms with Crippen LogP contribution in [0, 0.1) is 17.8 Å². The van der Waals surface area contributed by atoms with E-state index in [1.807, 2.05) is 11.8 Å². The number of thioether (sulfide) groups is 1. The van der Waals surface area contributed by atoms with Crippen molar-refractivity contribution in [3.05, 3.63) is 0 Å². The van der Waals surface area contributed by atoms with Gasteiger partial charge in [-0.15, -0.1) is 0 Å². The van der Waals surface area contributed by atoms with Gasteiger partial charge in [0.15, 0.2) is 0 Å². The van der Waals surface area contributed by atoms with Crippen molar-refractivity contribution in [2.75, 3.05) is 11.5 Å². The second kappa shape index (κ2) is 3.52. The minimum atomic E-state index is 0.298. The Bertz CT molecular complexity index is 219. The molecule has 2 rings (SSSR count). The predicted molar refractivity (Wildman–Crippen MR) is 55.7 cm³/mol. The molecule has 13 heavy (non-hydrogen) atoms. The van der Waals surface area contributed by atoms with Crippen molar-refractivity contribution in [2.45, 2.75) is 26.3 Å². The first kappa shape index (κ1) is 9.38. The van der Waals surface area contributed by atoms with Crippen LogP contribution in [0.3, 0.4) is 0 Å². The second-order valence-electron chi connectivity index (χ2n) is 4.45. The van der Waals surface area contributed by atoms with Gasteiger partial charge >= 0.3 is 0 Å². The molecule has 0 radical (unpaired) electrons. The number of carbonyl (C=O) groups is 1. The lowest BCUT2D eigenvalue weighted by molar-refractivity contribution is -0.123. The zero-order valence-electron chi connectivity index (χ0n) is 8.25. The third kappa shape index (κ3) is 2.01. The van der Waals surface area contributed by atoms with E-state index in [9.17, 15) is 4.79 Å². The molecule has 0 bridgehead atoms. The molecule has 0 aromatic rings. The van der Waals surface area contributed by atoms with E-state index in [0.29, 0.717) is 29.7 Å². The van der Waals surface area contributed by atoms with Gasteiger partial charge in [0.2, 0.25) is 5.91 Å². The highest BCUT2D eigenvalue weighted by Crippen LogP contribution is 2.38. The molecule has 1 aliphatic carbocycles. The van der Waals surface area contributed by atoms with Gasteiger partial charge in [0, 0.05) is 17.7 Å². The van der Waals surface area contributed by atoms with Crippen LogP contribution < -0.4 is 5.32 Å². The zero-order chi connectivity index (χ0) is 9.42. The topological polar surface area (TPSA) is 29.1 Å². The highest BCUT2D eigenvalue weighted by Gasteiger charge is 2.40. The molecule has 0 aromatic heterocycles. The minimum absolute atomic E-state index is 0.298. The van der Waals surface area contributed by atoms with Gasteiger partial charge < -0.3 is 5.32 Å². The summed E-state index contributed by atoms with van der Waals surface area (Å²) in [6.45, 7) is 4.37. The van der Waals surface area contributed by atoms with Gasteiger partial charge in [-0.25, -0.2) is 0 Å². The van der Waals surface area contributed by atoms with E-state index >= 15 is 0 Å². The Labute approximate surface area is 83.8 Å². The smallest absolute Gasteiger partial charge is 0.223 e. The zero-order valence-corrected chi connectivity index (χ0v) is 9.06. The van der Waals surface area contributed by atoms with E-state index in [4.69, 9.17) is 0 Å². The fourth-order valence-electron chi connectivity index (χ4n) is 1.82. The Morgan fingerprint density at radius 3 is 2.46 bits per heavy atom. The lowest BCUT2D eigenvalue weighted by Gasteiger charge is -2.16. The average Bonchev–Trinajstić information content (AvgIpc) is 2.68. The summed E-state index contributed by atoms with van der Waals surface area (Å²) in [7, 11) is 0. The molecule has 0 spiro atoms. The van der Waals surface area contributed by atoms with Crippen LogP contribution in [0.25, 0.3) is 0 Å². The summed E-state index contributed by atoms with van der Waals surface area (Å²) in [6, 6.07) is 0.435. The maximum Gasteiger partial charge on any atom is 0.223 e. The Balaban J connectivity index is 1.80. The monoisotopic (exact) mass is 199 g/mol. The normalized spacial score (nSPS) is 43.2. The van der Waals surface area contributed by atoms with Crippen LogP contribution in [0.15, 0.2) is 0 Å². The quantitative estimate of drug-likeness (QED) is 0.730. The number of hydrogen-bond donors (Lipinski definition) is 1. The third-order valence-corrected chi connectivity index (χ3v) is 4.50. The van der Waals surface area contributed by atoms with Gasteiger partial charge in [0.05, 0.1) is 0 Å². The maximum atomic E-state index is 11.6. The fourth-order valence-corrected chi connectivity index (χ4v) is 3.23. The molecular weight excluding hydrogens is 182 g/mol. The van der Waals surface area contributed by atoms with Crippen molar-refractivity contribution in [1.82, 2.24) is 5.32 Å². The first-order chi connectivity index (χ1) is 6.18. The van der Waals surface area contributed by atoms with E-state index < -0.39 is 0 Å². The van der Waals surface area contributed by atoms with E-state index in [0.717, 1.165) is 12.2 Å². The number of amides is 1. The van der Waals surface area contributed by atoms with Gasteiger partial charge in [-0.3, -0.25) is 4.79 Å². The van der Waals surface area contributed by atoms with E-state index in [2.05, 4.69) is 19.2 Å². The van der Waals surface area contributed by atoms with Crippen LogP contribution in [0.5, 0.6) is 0 Å². The molecule has 1 aliphatic heterocycles. The first-order valence-corrected chi connectivity index (χ1v) is 6.22. The van der Waals surface area contributed by atoms with Crippen molar-refractivity contribution in [1.29, 1.82) is 0 Å². The summed E-state index contributed by atoms with van der Waals surface area (Å²) in [5.74, 6) is 4.22. The van der Waals surface area contributed by atoms with Crippen LogP contribution in [-0.4, -0.2) is 23.5 Å². The highest BCUT2D eigenvalue weighted by molar-refractivity contribution is 7.99. The molecule has 1 N–H and O–H groups in total. The maximum absolute atomic E-state index is 11.6. The summed E-state index contributed by atoms with van der Waals surface area (Å²) >= 11 is 1.95. The third-order valence-electron chi connectivity index (χ3n) is 3.14. The van der Waals surface area contributed by atoms with Gasteiger partial charge in [-0.2, -0.15) is 11.8 Å². The molecule has 0 aromatic carbocycles. The van der Waals surface area contributed by atoms with E-state index in [-0.39, 0.29) is 0 Å². The van der Waals surface area contributed by atoms with Crippen LogP contribution in [0.4, 0.5) is 0 Å². The highest BCUT2D eigenvalue weighted by atomic mass is 32.2. The van der Waals surface area contributed by atoms with Gasteiger partial charge in [0.1, 0.15) is 0 Å². The van der Waals surface area contributed by atoms with Gasteiger partial charge in [0.25, 0.3) is 0 Å². The summed E-state index contributed by atoms with van der Waals surface area (Å²) < 4.78 is 0. The molecule has 2 nitrogen and oxygen atoms in total. The van der Waals surface area contributed by atoms with E-state index in [1.165, 1.54) is 5.75 Å². The molecule has 74 valence electrons. The average molecular weight is 199 g/mol. The Hall–Kier alpha value is -0.180. The second-order valence-corrected chi connectivity index (χ2v) is 5.52. The molecule has 4 atom stereocenters. The largest absolute Gasteiger partial charge is 0.352 e. The number of nitrogens with one attached hydrogen (secondary N) is 1. The molecule has 2 unspecified atom stereocenters. The van der Waals surface area contributed by atoms with Crippen molar-refractivity contribution >= 4 is 17.7 Å². The molecule has 1 saturated carbocycles. The molecular formula is C10H17NOS. The predicted octanol–water partition coefficient (Wildman–Crippen LogP) is 1.51. The Morgan fingerprint density at radius 2 is 2.00 bits per heavy atom. The number of carbonyl (C=O) groups excluding carboxylic acids is 1. The Morgan fingerprint density at radius 1 is 1.31 bits per heavy atom. The first-order valence-electron chi connectivity index (χ1n) is 5.06. The van der Waals surface area contributed by atoms with Gasteiger partial charge in [-0.05, 0) is 24.0 Å². The summed E-state index contributed by atoms with van der Waals surface area (Å²) in [5.41, 5.74) is 0. The van der Waals surface area contributed by atoms with Crippen LogP contribution in [0.2, 0.25) is 0 Å². The van der Waals surface area contributed by atoms with Gasteiger partial charge in [-0.1, -0.05) is 13.8 Å². The summed E-state index contributed by atoms with van der Waals surface area (Å²) in [6.07, 6.45) is 1.10. The fraction of sp³-hybridized carbons (Fsp3) is 0.900. The molecule has 1 heterocycles. The van der Waals surface area contributed by atoms with E-state index in [1.54, 1.807) is 0 Å².